The average Bonchev–Trinajstić information content (AvgIpc) is 2.66. The molecule has 0 saturated heterocycles. The third-order valence-electron chi connectivity index (χ3n) is 4.88. The lowest BCUT2D eigenvalue weighted by Crippen LogP contribution is -2.07. The Balaban J connectivity index is 3.12. The quantitative estimate of drug-likeness (QED) is 0.142. The summed E-state index contributed by atoms with van der Waals surface area (Å²) in [6, 6.07) is 0. The molecule has 2 N–H and O–H groups in total. The molecule has 0 radical (unpaired) electrons. The molecule has 0 bridgehead atoms. The topological polar surface area (TPSA) is 93.1 Å². The van der Waals surface area contributed by atoms with Gasteiger partial charge in [0.15, 0.2) is 0 Å². The van der Waals surface area contributed by atoms with Gasteiger partial charge in [0.05, 0.1) is 13.2 Å². The van der Waals surface area contributed by atoms with E-state index < -0.39 is 13.3 Å². The van der Waals surface area contributed by atoms with Crippen molar-refractivity contribution in [3.8, 4) is 0 Å². The zero-order valence-corrected chi connectivity index (χ0v) is 18.8. The molecule has 28 heavy (non-hydrogen) atoms. The molecule has 7 heteroatoms. The smallest absolute Gasteiger partial charge is 0.435 e. The zero-order valence-electron chi connectivity index (χ0n) is 17.9. The van der Waals surface area contributed by atoms with Crippen LogP contribution >= 0.6 is 7.60 Å². The highest BCUT2D eigenvalue weighted by Gasteiger charge is 2.29. The largest absolute Gasteiger partial charge is 0.472 e. The predicted octanol–water partition coefficient (Wildman–Crippen LogP) is 7.14. The van der Waals surface area contributed by atoms with Gasteiger partial charge in [0.25, 0.3) is 0 Å². The van der Waals surface area contributed by atoms with Crippen LogP contribution in [0.15, 0.2) is 0 Å². The van der Waals surface area contributed by atoms with Gasteiger partial charge in [-0.1, -0.05) is 103 Å². The summed E-state index contributed by atoms with van der Waals surface area (Å²) in [7, 11) is -4.52. The molecule has 0 rings (SSSR count). The van der Waals surface area contributed by atoms with Gasteiger partial charge in [-0.3, -0.25) is 4.52 Å². The van der Waals surface area contributed by atoms with E-state index in [0.717, 1.165) is 12.8 Å². The van der Waals surface area contributed by atoms with Gasteiger partial charge < -0.3 is 14.7 Å². The number of rotatable bonds is 22. The molecular weight excluding hydrogens is 379 g/mol. The van der Waals surface area contributed by atoms with Crippen molar-refractivity contribution < 1.29 is 28.6 Å². The molecule has 0 fully saturated rings. The Morgan fingerprint density at radius 1 is 0.679 bits per heavy atom. The lowest BCUT2D eigenvalue weighted by molar-refractivity contribution is 0.0919. The van der Waals surface area contributed by atoms with E-state index in [1.807, 2.05) is 0 Å². The zero-order chi connectivity index (χ0) is 20.9. The van der Waals surface area contributed by atoms with E-state index in [9.17, 15) is 9.36 Å². The van der Waals surface area contributed by atoms with E-state index in [2.05, 4.69) is 11.4 Å². The summed E-state index contributed by atoms with van der Waals surface area (Å²) < 4.78 is 20.7. The van der Waals surface area contributed by atoms with Crippen molar-refractivity contribution in [3.05, 3.63) is 0 Å². The van der Waals surface area contributed by atoms with Gasteiger partial charge >= 0.3 is 13.3 Å². The van der Waals surface area contributed by atoms with E-state index in [1.165, 1.54) is 89.9 Å². The second-order valence-corrected chi connectivity index (χ2v) is 9.23. The minimum absolute atomic E-state index is 0.135. The van der Waals surface area contributed by atoms with E-state index in [1.54, 1.807) is 0 Å². The third kappa shape index (κ3) is 18.9. The molecule has 0 amide bonds. The Kier molecular flexibility index (Phi) is 19.6. The van der Waals surface area contributed by atoms with Crippen LogP contribution in [0.5, 0.6) is 0 Å². The van der Waals surface area contributed by atoms with Crippen LogP contribution in [0.4, 0.5) is 4.79 Å². The fourth-order valence-corrected chi connectivity index (χ4v) is 3.56. The molecule has 168 valence electrons. The monoisotopic (exact) mass is 422 g/mol. The first-order valence-corrected chi connectivity index (χ1v) is 12.9. The normalized spacial score (nSPS) is 13.5. The van der Waals surface area contributed by atoms with Gasteiger partial charge in [-0.25, -0.2) is 9.36 Å². The fourth-order valence-electron chi connectivity index (χ4n) is 3.13. The molecular formula is C21H43O6P. The molecule has 1 unspecified atom stereocenters. The highest BCUT2D eigenvalue weighted by atomic mass is 31.2. The number of carbonyl (C=O) groups is 1. The first-order valence-electron chi connectivity index (χ1n) is 11.3. The number of hydrogen-bond acceptors (Lipinski definition) is 4. The maximum absolute atomic E-state index is 11.0. The van der Waals surface area contributed by atoms with Crippen LogP contribution in [0.25, 0.3) is 0 Å². The van der Waals surface area contributed by atoms with E-state index in [4.69, 9.17) is 14.7 Å². The number of unbranched alkanes of at least 4 members (excludes halogenated alkanes) is 15. The van der Waals surface area contributed by atoms with Crippen LogP contribution in [-0.4, -0.2) is 35.5 Å². The SMILES string of the molecule is CCCCCCCCCCCCCCCCCCOCCOP(=O)(O)C(=O)O. The van der Waals surface area contributed by atoms with Crippen LogP contribution in [0.2, 0.25) is 0 Å². The first-order chi connectivity index (χ1) is 13.5. The van der Waals surface area contributed by atoms with Crippen LogP contribution in [-0.2, 0) is 13.8 Å². The molecule has 0 aliphatic rings. The lowest BCUT2D eigenvalue weighted by atomic mass is 10.0. The van der Waals surface area contributed by atoms with Crippen LogP contribution in [0, 0.1) is 0 Å². The molecule has 0 aliphatic carbocycles. The van der Waals surface area contributed by atoms with Crippen molar-refractivity contribution in [1.82, 2.24) is 0 Å². The van der Waals surface area contributed by atoms with Crippen molar-refractivity contribution in [2.45, 2.75) is 110 Å². The van der Waals surface area contributed by atoms with Crippen molar-refractivity contribution in [3.63, 3.8) is 0 Å². The Labute approximate surface area is 171 Å². The summed E-state index contributed by atoms with van der Waals surface area (Å²) in [5.74, 6) is 0. The van der Waals surface area contributed by atoms with Gasteiger partial charge in [0.2, 0.25) is 0 Å². The molecule has 0 heterocycles. The predicted molar refractivity (Wildman–Crippen MR) is 114 cm³/mol. The van der Waals surface area contributed by atoms with Crippen molar-refractivity contribution in [2.24, 2.45) is 0 Å². The van der Waals surface area contributed by atoms with Crippen LogP contribution < -0.4 is 0 Å². The second-order valence-electron chi connectivity index (χ2n) is 7.55. The van der Waals surface area contributed by atoms with Crippen LogP contribution in [0.3, 0.4) is 0 Å². The summed E-state index contributed by atoms with van der Waals surface area (Å²) in [5, 5.41) is 8.42. The second kappa shape index (κ2) is 19.9. The number of ether oxygens (including phenoxy) is 1. The summed E-state index contributed by atoms with van der Waals surface area (Å²) >= 11 is 0. The summed E-state index contributed by atoms with van der Waals surface area (Å²) in [6.45, 7) is 2.79. The van der Waals surface area contributed by atoms with E-state index >= 15 is 0 Å². The molecule has 0 spiro atoms. The lowest BCUT2D eigenvalue weighted by Gasteiger charge is -2.08. The van der Waals surface area contributed by atoms with Gasteiger partial charge in [0, 0.05) is 6.61 Å². The Morgan fingerprint density at radius 3 is 1.46 bits per heavy atom. The average molecular weight is 423 g/mol. The van der Waals surface area contributed by atoms with E-state index in [-0.39, 0.29) is 13.2 Å². The molecule has 1 atom stereocenters. The Hall–Kier alpha value is -0.420. The molecule has 0 aromatic carbocycles. The maximum atomic E-state index is 11.0. The molecule has 0 aliphatic heterocycles. The maximum Gasteiger partial charge on any atom is 0.435 e. The number of carboxylic acid groups (broad SMARTS) is 1. The summed E-state index contributed by atoms with van der Waals surface area (Å²) in [5.41, 5.74) is -1.83. The molecule has 0 aromatic heterocycles. The van der Waals surface area contributed by atoms with Gasteiger partial charge in [0.1, 0.15) is 0 Å². The molecule has 0 aromatic rings. The minimum atomic E-state index is -4.52. The fraction of sp³-hybridized carbons (Fsp3) is 0.952. The summed E-state index contributed by atoms with van der Waals surface area (Å²) in [4.78, 5) is 19.3. The Bertz CT molecular complexity index is 402. The Morgan fingerprint density at radius 2 is 1.07 bits per heavy atom. The van der Waals surface area contributed by atoms with Crippen molar-refractivity contribution in [1.29, 1.82) is 0 Å². The van der Waals surface area contributed by atoms with Gasteiger partial charge in [-0.05, 0) is 6.42 Å². The summed E-state index contributed by atoms with van der Waals surface area (Å²) in [6.07, 6.45) is 21.1. The first kappa shape index (κ1) is 27.6. The van der Waals surface area contributed by atoms with Crippen LogP contribution in [0.1, 0.15) is 110 Å². The molecule has 6 nitrogen and oxygen atoms in total. The third-order valence-corrected chi connectivity index (χ3v) is 5.89. The van der Waals surface area contributed by atoms with Gasteiger partial charge in [-0.2, -0.15) is 0 Å². The van der Waals surface area contributed by atoms with Crippen molar-refractivity contribution in [2.75, 3.05) is 19.8 Å². The highest BCUT2D eigenvalue weighted by Crippen LogP contribution is 2.42. The standard InChI is InChI=1S/C21H43O6P/c1-2-3-4-5-6-7-8-9-10-11-12-13-14-15-16-17-18-26-19-20-27-28(24,25)21(22)23/h2-20H2,1H3,(H,22,23)(H,24,25). The molecule has 0 saturated carbocycles. The number of hydrogen-bond donors (Lipinski definition) is 2. The van der Waals surface area contributed by atoms with E-state index in [0.29, 0.717) is 6.61 Å². The highest BCUT2D eigenvalue weighted by molar-refractivity contribution is 7.70. The van der Waals surface area contributed by atoms with Gasteiger partial charge in [-0.15, -0.1) is 0 Å². The van der Waals surface area contributed by atoms with Crippen molar-refractivity contribution >= 4 is 13.3 Å². The minimum Gasteiger partial charge on any atom is -0.472 e.